The quantitative estimate of drug-likeness (QED) is 0.230. The third kappa shape index (κ3) is 6.09. The number of carbonyl (C=O) groups excluding carboxylic acids is 3. The molecule has 0 aliphatic heterocycles. The minimum absolute atomic E-state index is 0.0957. The van der Waals surface area contributed by atoms with E-state index in [1.165, 1.54) is 19.3 Å². The van der Waals surface area contributed by atoms with Crippen LogP contribution < -0.4 is 11.1 Å². The number of ether oxygens (including phenoxy) is 1. The van der Waals surface area contributed by atoms with Gasteiger partial charge >= 0.3 is 11.8 Å². The number of aryl methyl sites for hydroxylation is 1. The Morgan fingerprint density at radius 1 is 1.12 bits per heavy atom. The smallest absolute Gasteiger partial charge is 0.456 e. The van der Waals surface area contributed by atoms with Gasteiger partial charge in [0.05, 0.1) is 21.0 Å². The van der Waals surface area contributed by atoms with Crippen molar-refractivity contribution in [3.63, 3.8) is 0 Å². The van der Waals surface area contributed by atoms with Crippen LogP contribution in [-0.2, 0) is 27.4 Å². The number of Topliss-reactive ketones (excluding diaryl/α,β-unsaturated/α-hetero) is 1. The topological polar surface area (TPSA) is 141 Å². The second-order valence-corrected chi connectivity index (χ2v) is 12.0. The summed E-state index contributed by atoms with van der Waals surface area (Å²) < 4.78 is 15.3. The molecule has 13 heteroatoms. The highest BCUT2D eigenvalue weighted by molar-refractivity contribution is 9.10. The molecule has 2 aliphatic carbocycles. The Balaban J connectivity index is 1.36. The maximum Gasteiger partial charge on any atom is 0.519 e. The molecule has 42 heavy (non-hydrogen) atoms. The number of nitrogens with one attached hydrogen (secondary N) is 1. The molecule has 2 aliphatic rings. The number of ketones is 1. The summed E-state index contributed by atoms with van der Waals surface area (Å²) in [6, 6.07) is 5.88. The SMILES string of the molecule is Cc1oc(=O)oc1COC(=O)[C@H](Cc1ccc(NC(=O)c2c(Cl)cncc2Cl)cc1)N=C1C(Br)C(=O)C12CCCCC2. The van der Waals surface area contributed by atoms with Gasteiger partial charge in [-0.25, -0.2) is 9.59 Å². The zero-order valence-electron chi connectivity index (χ0n) is 22.5. The fourth-order valence-corrected chi connectivity index (χ4v) is 6.89. The van der Waals surface area contributed by atoms with Crippen LogP contribution >= 0.6 is 39.1 Å². The summed E-state index contributed by atoms with van der Waals surface area (Å²) in [5, 5.41) is 2.99. The van der Waals surface area contributed by atoms with Crippen molar-refractivity contribution >= 4 is 68.2 Å². The second-order valence-electron chi connectivity index (χ2n) is 10.3. The fourth-order valence-electron chi connectivity index (χ4n) is 5.36. The normalized spacial score (nSPS) is 19.4. The van der Waals surface area contributed by atoms with Crippen LogP contribution in [0.5, 0.6) is 0 Å². The first kappa shape index (κ1) is 30.2. The van der Waals surface area contributed by atoms with Gasteiger partial charge in [0.1, 0.15) is 4.83 Å². The van der Waals surface area contributed by atoms with Crippen molar-refractivity contribution in [2.24, 2.45) is 10.4 Å². The van der Waals surface area contributed by atoms with E-state index < -0.39 is 34.0 Å². The number of esters is 1. The van der Waals surface area contributed by atoms with E-state index in [1.54, 1.807) is 24.3 Å². The average Bonchev–Trinajstić information content (AvgIpc) is 3.30. The van der Waals surface area contributed by atoms with E-state index in [0.717, 1.165) is 24.8 Å². The van der Waals surface area contributed by atoms with Crippen molar-refractivity contribution in [1.29, 1.82) is 0 Å². The number of alkyl halides is 1. The van der Waals surface area contributed by atoms with Gasteiger partial charge in [0, 0.05) is 30.2 Å². The molecule has 220 valence electrons. The zero-order chi connectivity index (χ0) is 30.0. The highest BCUT2D eigenvalue weighted by Crippen LogP contribution is 2.49. The van der Waals surface area contributed by atoms with E-state index in [2.05, 4.69) is 26.2 Å². The Hall–Kier alpha value is -3.28. The molecule has 5 rings (SSSR count). The highest BCUT2D eigenvalue weighted by atomic mass is 79.9. The monoisotopic (exact) mass is 677 g/mol. The molecule has 1 aromatic carbocycles. The molecule has 1 spiro atoms. The summed E-state index contributed by atoms with van der Waals surface area (Å²) in [6.07, 6.45) is 7.12. The lowest BCUT2D eigenvalue weighted by Crippen LogP contribution is -2.61. The second kappa shape index (κ2) is 12.5. The molecular weight excluding hydrogens is 653 g/mol. The third-order valence-corrected chi connectivity index (χ3v) is 9.03. The van der Waals surface area contributed by atoms with Crippen LogP contribution in [0.25, 0.3) is 0 Å². The first-order valence-corrected chi connectivity index (χ1v) is 15.0. The molecule has 0 saturated heterocycles. The maximum atomic E-state index is 13.3. The van der Waals surface area contributed by atoms with Crippen molar-refractivity contribution in [2.45, 2.75) is 62.9 Å². The minimum atomic E-state index is -0.972. The molecule has 1 N–H and O–H groups in total. The summed E-state index contributed by atoms with van der Waals surface area (Å²) in [6.45, 7) is 1.23. The van der Waals surface area contributed by atoms with Crippen LogP contribution in [0.15, 0.2) is 55.3 Å². The molecule has 2 saturated carbocycles. The number of anilines is 1. The molecule has 2 aromatic heterocycles. The Bertz CT molecular complexity index is 1590. The average molecular weight is 679 g/mol. The Morgan fingerprint density at radius 2 is 1.79 bits per heavy atom. The lowest BCUT2D eigenvalue weighted by atomic mass is 9.58. The first-order valence-electron chi connectivity index (χ1n) is 13.3. The van der Waals surface area contributed by atoms with Crippen molar-refractivity contribution in [2.75, 3.05) is 5.32 Å². The summed E-state index contributed by atoms with van der Waals surface area (Å²) in [4.78, 5) is 58.5. The first-order chi connectivity index (χ1) is 20.1. The molecule has 0 radical (unpaired) electrons. The number of hydrogen-bond donors (Lipinski definition) is 1. The van der Waals surface area contributed by atoms with Gasteiger partial charge in [-0.15, -0.1) is 0 Å². The molecule has 2 atom stereocenters. The standard InChI is InChI=1S/C29H26BrCl2N3O7/c1-15-21(42-28(39)41-15)14-40-27(38)20(35-24-23(30)25(36)29(24)9-3-2-4-10-29)11-16-5-7-17(8-6-16)34-26(37)22-18(31)12-33-13-19(22)32/h5-8,12-13,20,23H,2-4,9-11,14H2,1H3,(H,34,37)/t20-,23?/m0/s1. The van der Waals surface area contributed by atoms with Gasteiger partial charge in [0.15, 0.2) is 30.0 Å². The predicted molar refractivity (Wildman–Crippen MR) is 159 cm³/mol. The highest BCUT2D eigenvalue weighted by Gasteiger charge is 2.58. The molecular formula is C29H26BrCl2N3O7. The van der Waals surface area contributed by atoms with Gasteiger partial charge in [-0.1, -0.05) is 70.5 Å². The fraction of sp³-hybridized carbons (Fsp3) is 0.379. The molecule has 2 fully saturated rings. The van der Waals surface area contributed by atoms with Crippen LogP contribution in [0, 0.1) is 12.3 Å². The van der Waals surface area contributed by atoms with Crippen LogP contribution in [0.4, 0.5) is 5.69 Å². The van der Waals surface area contributed by atoms with Crippen molar-refractivity contribution in [1.82, 2.24) is 4.98 Å². The number of aliphatic imine (C=N–C) groups is 1. The van der Waals surface area contributed by atoms with Crippen LogP contribution in [-0.4, -0.2) is 39.2 Å². The lowest BCUT2D eigenvalue weighted by Gasteiger charge is -2.47. The van der Waals surface area contributed by atoms with E-state index in [1.807, 2.05) is 0 Å². The largest absolute Gasteiger partial charge is 0.519 e. The summed E-state index contributed by atoms with van der Waals surface area (Å²) in [5.41, 5.74) is 1.34. The molecule has 0 bridgehead atoms. The number of benzene rings is 1. The third-order valence-electron chi connectivity index (χ3n) is 7.61. The summed E-state index contributed by atoms with van der Waals surface area (Å²) in [5.74, 6) is -1.60. The van der Waals surface area contributed by atoms with Crippen LogP contribution in [0.3, 0.4) is 0 Å². The zero-order valence-corrected chi connectivity index (χ0v) is 25.6. The van der Waals surface area contributed by atoms with Crippen molar-refractivity contribution in [3.8, 4) is 0 Å². The number of carbonyl (C=O) groups is 3. The molecule has 3 aromatic rings. The van der Waals surface area contributed by atoms with Crippen molar-refractivity contribution < 1.29 is 28.0 Å². The lowest BCUT2D eigenvalue weighted by molar-refractivity contribution is -0.147. The van der Waals surface area contributed by atoms with Gasteiger partial charge < -0.3 is 18.9 Å². The minimum Gasteiger partial charge on any atom is -0.456 e. The Kier molecular flexibility index (Phi) is 9.00. The van der Waals surface area contributed by atoms with E-state index >= 15 is 0 Å². The van der Waals surface area contributed by atoms with Gasteiger partial charge in [-0.3, -0.25) is 19.6 Å². The number of hydrogen-bond acceptors (Lipinski definition) is 9. The number of nitrogens with zero attached hydrogens (tertiary/aromatic N) is 2. The Labute approximate surface area is 259 Å². The number of halogens is 3. The molecule has 1 unspecified atom stereocenters. The van der Waals surface area contributed by atoms with Gasteiger partial charge in [-0.2, -0.15) is 0 Å². The van der Waals surface area contributed by atoms with Crippen LogP contribution in [0.1, 0.15) is 59.5 Å². The van der Waals surface area contributed by atoms with Gasteiger partial charge in [0.2, 0.25) is 0 Å². The van der Waals surface area contributed by atoms with Crippen LogP contribution in [0.2, 0.25) is 10.0 Å². The summed E-state index contributed by atoms with van der Waals surface area (Å²) >= 11 is 15.6. The Morgan fingerprint density at radius 3 is 2.40 bits per heavy atom. The van der Waals surface area contributed by atoms with Crippen molar-refractivity contribution in [3.05, 3.63) is 80.0 Å². The molecule has 10 nitrogen and oxygen atoms in total. The number of amides is 1. The number of pyridine rings is 1. The summed E-state index contributed by atoms with van der Waals surface area (Å²) in [7, 11) is 0. The number of aromatic nitrogens is 1. The van der Waals surface area contributed by atoms with E-state index in [-0.39, 0.29) is 45.9 Å². The maximum absolute atomic E-state index is 13.3. The van der Waals surface area contributed by atoms with Gasteiger partial charge in [-0.05, 0) is 37.5 Å². The van der Waals surface area contributed by atoms with E-state index in [4.69, 9.17) is 41.8 Å². The number of rotatable bonds is 8. The predicted octanol–water partition coefficient (Wildman–Crippen LogP) is 5.89. The van der Waals surface area contributed by atoms with E-state index in [9.17, 15) is 19.2 Å². The van der Waals surface area contributed by atoms with E-state index in [0.29, 0.717) is 24.2 Å². The molecule has 2 heterocycles. The molecule has 1 amide bonds. The van der Waals surface area contributed by atoms with Gasteiger partial charge in [0.25, 0.3) is 5.91 Å².